The van der Waals surface area contributed by atoms with Crippen molar-refractivity contribution < 1.29 is 9.32 Å². The minimum atomic E-state index is -0.283. The van der Waals surface area contributed by atoms with Gasteiger partial charge in [-0.15, -0.1) is 0 Å². The molecular weight excluding hydrogens is 266 g/mol. The smallest absolute Gasteiger partial charge is 0.278 e. The van der Waals surface area contributed by atoms with Gasteiger partial charge in [-0.2, -0.15) is 0 Å². The molecule has 0 aliphatic rings. The van der Waals surface area contributed by atoms with Gasteiger partial charge in [0.05, 0.1) is 16.8 Å². The highest BCUT2D eigenvalue weighted by atomic mass is 16.5. The number of hydrogen-bond donors (Lipinski definition) is 1. The van der Waals surface area contributed by atoms with Crippen LogP contribution in [0.2, 0.25) is 0 Å². The zero-order chi connectivity index (χ0) is 14.8. The fourth-order valence-electron chi connectivity index (χ4n) is 2.20. The van der Waals surface area contributed by atoms with Gasteiger partial charge in [-0.3, -0.25) is 4.79 Å². The van der Waals surface area contributed by atoms with Crippen molar-refractivity contribution in [2.24, 2.45) is 0 Å². The number of carbonyl (C=O) groups excluding carboxylic acids is 1. The van der Waals surface area contributed by atoms with E-state index in [-0.39, 0.29) is 5.91 Å². The van der Waals surface area contributed by atoms with Crippen molar-refractivity contribution in [3.8, 4) is 0 Å². The maximum Gasteiger partial charge on any atom is 0.278 e. The highest BCUT2D eigenvalue weighted by Crippen LogP contribution is 2.25. The van der Waals surface area contributed by atoms with Crippen LogP contribution in [0, 0.1) is 0 Å². The first-order chi connectivity index (χ1) is 10.2. The Labute approximate surface area is 122 Å². The summed E-state index contributed by atoms with van der Waals surface area (Å²) < 4.78 is 5.16. The van der Waals surface area contributed by atoms with Crippen LogP contribution < -0.4 is 10.2 Å². The summed E-state index contributed by atoms with van der Waals surface area (Å²) in [6, 6.07) is 14.9. The van der Waals surface area contributed by atoms with Gasteiger partial charge in [-0.25, -0.2) is 0 Å². The Morgan fingerprint density at radius 2 is 1.81 bits per heavy atom. The Morgan fingerprint density at radius 1 is 1.10 bits per heavy atom. The van der Waals surface area contributed by atoms with Crippen LogP contribution in [0.25, 0.3) is 11.0 Å². The van der Waals surface area contributed by atoms with Crippen LogP contribution >= 0.6 is 0 Å². The molecular formula is C16H15N3O2. The topological polar surface area (TPSA) is 58.4 Å². The van der Waals surface area contributed by atoms with Gasteiger partial charge in [-0.1, -0.05) is 29.4 Å². The van der Waals surface area contributed by atoms with E-state index in [4.69, 9.17) is 4.52 Å². The van der Waals surface area contributed by atoms with Gasteiger partial charge in [0.25, 0.3) is 5.91 Å². The Hall–Kier alpha value is -2.82. The Bertz CT molecular complexity index is 793. The number of amides is 1. The van der Waals surface area contributed by atoms with Gasteiger partial charge in [0.15, 0.2) is 11.3 Å². The lowest BCUT2D eigenvalue weighted by Gasteiger charge is -2.17. The first-order valence-electron chi connectivity index (χ1n) is 6.59. The zero-order valence-corrected chi connectivity index (χ0v) is 11.8. The van der Waals surface area contributed by atoms with Crippen LogP contribution in [-0.4, -0.2) is 25.2 Å². The number of fused-ring (bicyclic) bond motifs is 1. The molecule has 1 aromatic heterocycles. The largest absolute Gasteiger partial charge is 0.376 e. The fraction of sp³-hybridized carbons (Fsp3) is 0.125. The van der Waals surface area contributed by atoms with Gasteiger partial charge >= 0.3 is 0 Å². The second kappa shape index (κ2) is 5.28. The van der Waals surface area contributed by atoms with Gasteiger partial charge < -0.3 is 14.7 Å². The number of rotatable bonds is 3. The van der Waals surface area contributed by atoms with Crippen molar-refractivity contribution in [1.82, 2.24) is 5.16 Å². The molecule has 3 aromatic rings. The molecule has 106 valence electrons. The molecule has 0 bridgehead atoms. The van der Waals surface area contributed by atoms with E-state index in [2.05, 4.69) is 10.5 Å². The lowest BCUT2D eigenvalue weighted by Crippen LogP contribution is -2.17. The van der Waals surface area contributed by atoms with Crippen LogP contribution in [0.1, 0.15) is 10.5 Å². The summed E-state index contributed by atoms with van der Waals surface area (Å²) in [7, 11) is 3.85. The minimum absolute atomic E-state index is 0.283. The second-order valence-electron chi connectivity index (χ2n) is 4.89. The van der Waals surface area contributed by atoms with Crippen LogP contribution in [-0.2, 0) is 0 Å². The van der Waals surface area contributed by atoms with Crippen molar-refractivity contribution in [2.75, 3.05) is 24.3 Å². The summed E-state index contributed by atoms with van der Waals surface area (Å²) in [5, 5.41) is 7.45. The summed E-state index contributed by atoms with van der Waals surface area (Å²) in [6.45, 7) is 0. The number of hydrogen-bond acceptors (Lipinski definition) is 4. The predicted molar refractivity (Wildman–Crippen MR) is 82.7 cm³/mol. The van der Waals surface area contributed by atoms with Gasteiger partial charge in [0, 0.05) is 14.1 Å². The lowest BCUT2D eigenvalue weighted by atomic mass is 10.2. The molecule has 0 unspecified atom stereocenters. The van der Waals surface area contributed by atoms with E-state index in [1.54, 1.807) is 6.07 Å². The van der Waals surface area contributed by atoms with E-state index in [1.165, 1.54) is 0 Å². The van der Waals surface area contributed by atoms with E-state index < -0.39 is 0 Å². The first-order valence-corrected chi connectivity index (χ1v) is 6.59. The number of aromatic nitrogens is 1. The molecule has 0 saturated carbocycles. The molecule has 0 radical (unpaired) electrons. The molecule has 1 N–H and O–H groups in total. The first kappa shape index (κ1) is 13.2. The zero-order valence-electron chi connectivity index (χ0n) is 11.8. The molecule has 0 aliphatic heterocycles. The molecule has 5 heteroatoms. The van der Waals surface area contributed by atoms with Crippen molar-refractivity contribution in [3.05, 3.63) is 54.2 Å². The molecule has 3 rings (SSSR count). The monoisotopic (exact) mass is 281 g/mol. The van der Waals surface area contributed by atoms with E-state index >= 15 is 0 Å². The summed E-state index contributed by atoms with van der Waals surface area (Å²) in [5.74, 6) is -0.283. The average Bonchev–Trinajstić information content (AvgIpc) is 2.91. The van der Waals surface area contributed by atoms with Crippen molar-refractivity contribution >= 4 is 28.3 Å². The third-order valence-electron chi connectivity index (χ3n) is 3.23. The van der Waals surface area contributed by atoms with E-state index in [0.717, 1.165) is 11.4 Å². The van der Waals surface area contributed by atoms with Crippen LogP contribution in [0.3, 0.4) is 0 Å². The SMILES string of the molecule is CN(C)c1ccccc1NC(=O)c1noc2ccccc12. The highest BCUT2D eigenvalue weighted by molar-refractivity contribution is 6.11. The molecule has 2 aromatic carbocycles. The third-order valence-corrected chi connectivity index (χ3v) is 3.23. The Morgan fingerprint density at radius 3 is 2.62 bits per heavy atom. The van der Waals surface area contributed by atoms with Crippen molar-refractivity contribution in [1.29, 1.82) is 0 Å². The molecule has 0 atom stereocenters. The van der Waals surface area contributed by atoms with Crippen LogP contribution in [0.5, 0.6) is 0 Å². The number of nitrogens with zero attached hydrogens (tertiary/aromatic N) is 2. The summed E-state index contributed by atoms with van der Waals surface area (Å²) in [4.78, 5) is 14.4. The number of benzene rings is 2. The number of para-hydroxylation sites is 3. The van der Waals surface area contributed by atoms with E-state index in [9.17, 15) is 4.79 Å². The molecule has 1 amide bonds. The standard InChI is InChI=1S/C16H15N3O2/c1-19(2)13-9-5-4-8-12(13)17-16(20)15-11-7-3-6-10-14(11)21-18-15/h3-10H,1-2H3,(H,17,20). The predicted octanol–water partition coefficient (Wildman–Crippen LogP) is 3.15. The normalized spacial score (nSPS) is 10.6. The maximum atomic E-state index is 12.4. The average molecular weight is 281 g/mol. The number of carbonyl (C=O) groups is 1. The van der Waals surface area contributed by atoms with E-state index in [1.807, 2.05) is 61.5 Å². The third kappa shape index (κ3) is 2.45. The summed E-state index contributed by atoms with van der Waals surface area (Å²) in [6.07, 6.45) is 0. The van der Waals surface area contributed by atoms with Crippen LogP contribution in [0.4, 0.5) is 11.4 Å². The molecule has 0 fully saturated rings. The number of nitrogens with one attached hydrogen (secondary N) is 1. The van der Waals surface area contributed by atoms with Gasteiger partial charge in [0.2, 0.25) is 0 Å². The number of anilines is 2. The lowest BCUT2D eigenvalue weighted by molar-refractivity contribution is 0.102. The van der Waals surface area contributed by atoms with Gasteiger partial charge in [-0.05, 0) is 24.3 Å². The minimum Gasteiger partial charge on any atom is -0.376 e. The molecule has 5 nitrogen and oxygen atoms in total. The molecule has 21 heavy (non-hydrogen) atoms. The molecule has 0 spiro atoms. The maximum absolute atomic E-state index is 12.4. The Balaban J connectivity index is 1.94. The Kier molecular flexibility index (Phi) is 3.31. The summed E-state index contributed by atoms with van der Waals surface area (Å²) >= 11 is 0. The molecule has 0 saturated heterocycles. The van der Waals surface area contributed by atoms with Gasteiger partial charge in [0.1, 0.15) is 0 Å². The van der Waals surface area contributed by atoms with Crippen molar-refractivity contribution in [2.45, 2.75) is 0 Å². The quantitative estimate of drug-likeness (QED) is 0.801. The molecule has 1 heterocycles. The van der Waals surface area contributed by atoms with Crippen LogP contribution in [0.15, 0.2) is 53.1 Å². The molecule has 0 aliphatic carbocycles. The highest BCUT2D eigenvalue weighted by Gasteiger charge is 2.17. The second-order valence-corrected chi connectivity index (χ2v) is 4.89. The van der Waals surface area contributed by atoms with Crippen molar-refractivity contribution in [3.63, 3.8) is 0 Å². The fourth-order valence-corrected chi connectivity index (χ4v) is 2.20. The van der Waals surface area contributed by atoms with E-state index in [0.29, 0.717) is 16.7 Å². The summed E-state index contributed by atoms with van der Waals surface area (Å²) in [5.41, 5.74) is 2.56.